The van der Waals surface area contributed by atoms with E-state index in [1.54, 1.807) is 0 Å². The van der Waals surface area contributed by atoms with Crippen LogP contribution in [-0.4, -0.2) is 22.4 Å². The largest absolute Gasteiger partial charge is 0.313 e. The van der Waals surface area contributed by atoms with Gasteiger partial charge in [0.15, 0.2) is 0 Å². The van der Waals surface area contributed by atoms with Crippen LogP contribution in [0.3, 0.4) is 0 Å². The molecule has 2 unspecified atom stereocenters. The first-order valence-electron chi connectivity index (χ1n) is 6.03. The Morgan fingerprint density at radius 3 is 3.07 bits per heavy atom. The van der Waals surface area contributed by atoms with Crippen LogP contribution < -0.4 is 5.32 Å². The van der Waals surface area contributed by atoms with Crippen LogP contribution in [0.2, 0.25) is 0 Å². The smallest absolute Gasteiger partial charge is 0.0492 e. The normalized spacial score (nSPS) is 26.8. The van der Waals surface area contributed by atoms with Crippen molar-refractivity contribution in [1.29, 1.82) is 0 Å². The molecule has 2 rings (SSSR count). The summed E-state index contributed by atoms with van der Waals surface area (Å²) in [6.07, 6.45) is 5.69. The molecule has 2 atom stereocenters. The first kappa shape index (κ1) is 10.7. The third-order valence-electron chi connectivity index (χ3n) is 3.32. The lowest BCUT2D eigenvalue weighted by atomic mass is 9.94. The van der Waals surface area contributed by atoms with E-state index in [1.807, 2.05) is 6.20 Å². The Labute approximate surface area is 91.9 Å². The highest BCUT2D eigenvalue weighted by Crippen LogP contribution is 2.16. The maximum absolute atomic E-state index is 4.30. The van der Waals surface area contributed by atoms with Gasteiger partial charge in [-0.25, -0.2) is 0 Å². The molecule has 0 bridgehead atoms. The Hall–Kier alpha value is -0.830. The van der Waals surface area contributed by atoms with Gasteiger partial charge >= 0.3 is 0 Å². The van der Waals surface area contributed by atoms with Crippen LogP contribution >= 0.6 is 0 Å². The molecule has 1 aromatic heterocycles. The molecule has 1 aliphatic heterocycles. The van der Waals surface area contributed by atoms with Crippen LogP contribution in [0.15, 0.2) is 12.3 Å². The zero-order valence-corrected chi connectivity index (χ0v) is 9.74. The molecule has 1 N–H and O–H groups in total. The minimum absolute atomic E-state index is 0.656. The van der Waals surface area contributed by atoms with E-state index in [0.717, 1.165) is 18.9 Å². The van der Waals surface area contributed by atoms with Crippen molar-refractivity contribution in [3.8, 4) is 0 Å². The molecular formula is C12H21N3. The molecule has 0 spiro atoms. The Bertz CT molecular complexity index is 298. The van der Waals surface area contributed by atoms with Crippen molar-refractivity contribution in [2.75, 3.05) is 6.54 Å². The predicted molar refractivity (Wildman–Crippen MR) is 61.8 cm³/mol. The highest BCUT2D eigenvalue weighted by molar-refractivity contribution is 5.03. The maximum atomic E-state index is 4.30. The number of aromatic nitrogens is 2. The fourth-order valence-electron chi connectivity index (χ4n) is 2.30. The van der Waals surface area contributed by atoms with Gasteiger partial charge in [-0.15, -0.1) is 0 Å². The van der Waals surface area contributed by atoms with Gasteiger partial charge < -0.3 is 5.32 Å². The summed E-state index contributed by atoms with van der Waals surface area (Å²) in [7, 11) is 0. The van der Waals surface area contributed by atoms with E-state index in [-0.39, 0.29) is 0 Å². The minimum Gasteiger partial charge on any atom is -0.313 e. The van der Waals surface area contributed by atoms with Crippen molar-refractivity contribution in [3.63, 3.8) is 0 Å². The van der Waals surface area contributed by atoms with E-state index in [1.165, 1.54) is 25.1 Å². The molecule has 1 saturated heterocycles. The average Bonchev–Trinajstić information content (AvgIpc) is 2.69. The van der Waals surface area contributed by atoms with Crippen LogP contribution in [0.25, 0.3) is 0 Å². The molecular weight excluding hydrogens is 186 g/mol. The summed E-state index contributed by atoms with van der Waals surface area (Å²) < 4.78 is 2.10. The second-order valence-electron chi connectivity index (χ2n) is 4.63. The summed E-state index contributed by atoms with van der Waals surface area (Å²) >= 11 is 0. The molecule has 1 fully saturated rings. The summed E-state index contributed by atoms with van der Waals surface area (Å²) in [5, 5.41) is 7.92. The number of nitrogens with one attached hydrogen (secondary N) is 1. The maximum Gasteiger partial charge on any atom is 0.0492 e. The van der Waals surface area contributed by atoms with Gasteiger partial charge in [0.1, 0.15) is 0 Å². The molecule has 0 aliphatic carbocycles. The van der Waals surface area contributed by atoms with Crippen LogP contribution in [-0.2, 0) is 13.0 Å². The molecule has 0 aromatic carbocycles. The summed E-state index contributed by atoms with van der Waals surface area (Å²) in [6, 6.07) is 2.80. The number of hydrogen-bond donors (Lipinski definition) is 1. The fraction of sp³-hybridized carbons (Fsp3) is 0.750. The molecule has 3 nitrogen and oxygen atoms in total. The summed E-state index contributed by atoms with van der Waals surface area (Å²) in [4.78, 5) is 0. The molecule has 1 aliphatic rings. The fourth-order valence-corrected chi connectivity index (χ4v) is 2.30. The van der Waals surface area contributed by atoms with E-state index in [0.29, 0.717) is 6.04 Å². The summed E-state index contributed by atoms with van der Waals surface area (Å²) in [6.45, 7) is 6.61. The van der Waals surface area contributed by atoms with Crippen molar-refractivity contribution in [2.45, 2.75) is 45.7 Å². The minimum atomic E-state index is 0.656. The molecule has 2 heterocycles. The first-order chi connectivity index (χ1) is 7.29. The van der Waals surface area contributed by atoms with Crippen LogP contribution in [0.5, 0.6) is 0 Å². The summed E-state index contributed by atoms with van der Waals surface area (Å²) in [5.41, 5.74) is 1.37. The van der Waals surface area contributed by atoms with Gasteiger partial charge in [-0.3, -0.25) is 4.68 Å². The van der Waals surface area contributed by atoms with Gasteiger partial charge in [-0.1, -0.05) is 6.92 Å². The highest BCUT2D eigenvalue weighted by Gasteiger charge is 2.18. The zero-order chi connectivity index (χ0) is 10.7. The molecule has 15 heavy (non-hydrogen) atoms. The number of hydrogen-bond acceptors (Lipinski definition) is 2. The second kappa shape index (κ2) is 4.79. The molecule has 1 aromatic rings. The summed E-state index contributed by atoms with van der Waals surface area (Å²) in [5.74, 6) is 0.845. The van der Waals surface area contributed by atoms with Gasteiger partial charge in [0, 0.05) is 30.9 Å². The third kappa shape index (κ3) is 2.59. The standard InChI is InChI=1S/C12H21N3/c1-3-15-12(6-7-14-15)8-11-5-4-10(2)9-13-11/h6-7,10-11,13H,3-5,8-9H2,1-2H3. The van der Waals surface area contributed by atoms with Crippen molar-refractivity contribution in [1.82, 2.24) is 15.1 Å². The Kier molecular flexibility index (Phi) is 3.41. The van der Waals surface area contributed by atoms with Crippen molar-refractivity contribution in [2.24, 2.45) is 5.92 Å². The Morgan fingerprint density at radius 2 is 2.40 bits per heavy atom. The first-order valence-corrected chi connectivity index (χ1v) is 6.03. The molecule has 3 heteroatoms. The Morgan fingerprint density at radius 1 is 1.53 bits per heavy atom. The van der Waals surface area contributed by atoms with E-state index < -0.39 is 0 Å². The van der Waals surface area contributed by atoms with E-state index in [2.05, 4.69) is 35.0 Å². The lowest BCUT2D eigenvalue weighted by Gasteiger charge is -2.27. The van der Waals surface area contributed by atoms with Crippen LogP contribution in [0, 0.1) is 5.92 Å². The molecule has 84 valence electrons. The lowest BCUT2D eigenvalue weighted by molar-refractivity contribution is 0.322. The van der Waals surface area contributed by atoms with Gasteiger partial charge in [0.2, 0.25) is 0 Å². The van der Waals surface area contributed by atoms with Crippen molar-refractivity contribution < 1.29 is 0 Å². The van der Waals surface area contributed by atoms with E-state index in [9.17, 15) is 0 Å². The number of aryl methyl sites for hydroxylation is 1. The SMILES string of the molecule is CCn1nccc1CC1CCC(C)CN1. The van der Waals surface area contributed by atoms with E-state index in [4.69, 9.17) is 0 Å². The molecule has 0 radical (unpaired) electrons. The van der Waals surface area contributed by atoms with Gasteiger partial charge in [-0.2, -0.15) is 5.10 Å². The zero-order valence-electron chi connectivity index (χ0n) is 9.74. The van der Waals surface area contributed by atoms with Crippen LogP contribution in [0.4, 0.5) is 0 Å². The number of rotatable bonds is 3. The number of nitrogens with zero attached hydrogens (tertiary/aromatic N) is 2. The number of piperidine rings is 1. The van der Waals surface area contributed by atoms with E-state index >= 15 is 0 Å². The second-order valence-corrected chi connectivity index (χ2v) is 4.63. The molecule has 0 amide bonds. The van der Waals surface area contributed by atoms with Crippen LogP contribution in [0.1, 0.15) is 32.4 Å². The van der Waals surface area contributed by atoms with Gasteiger partial charge in [0.05, 0.1) is 0 Å². The third-order valence-corrected chi connectivity index (χ3v) is 3.32. The van der Waals surface area contributed by atoms with Crippen molar-refractivity contribution >= 4 is 0 Å². The lowest BCUT2D eigenvalue weighted by Crippen LogP contribution is -2.39. The van der Waals surface area contributed by atoms with Gasteiger partial charge in [0.25, 0.3) is 0 Å². The van der Waals surface area contributed by atoms with Crippen molar-refractivity contribution in [3.05, 3.63) is 18.0 Å². The monoisotopic (exact) mass is 207 g/mol. The molecule has 0 saturated carbocycles. The topological polar surface area (TPSA) is 29.9 Å². The predicted octanol–water partition coefficient (Wildman–Crippen LogP) is 1.83. The Balaban J connectivity index is 1.91. The highest BCUT2D eigenvalue weighted by atomic mass is 15.3. The quantitative estimate of drug-likeness (QED) is 0.819. The average molecular weight is 207 g/mol. The van der Waals surface area contributed by atoms with Gasteiger partial charge in [-0.05, 0) is 38.3 Å².